The van der Waals surface area contributed by atoms with Crippen LogP contribution >= 0.6 is 0 Å². The summed E-state index contributed by atoms with van der Waals surface area (Å²) in [5, 5.41) is 29.0. The summed E-state index contributed by atoms with van der Waals surface area (Å²) in [6.45, 7) is 0. The summed E-state index contributed by atoms with van der Waals surface area (Å²) in [6, 6.07) is 21.8. The number of phenols is 3. The van der Waals surface area contributed by atoms with Crippen molar-refractivity contribution in [2.24, 2.45) is 0 Å². The molecule has 0 fully saturated rings. The maximum atomic E-state index is 9.97. The van der Waals surface area contributed by atoms with E-state index in [-0.39, 0.29) is 17.4 Å². The highest BCUT2D eigenvalue weighted by molar-refractivity contribution is 5.39. The minimum atomic E-state index is 0.116. The number of phenolic OH excluding ortho intramolecular Hbond substituents is 3. The van der Waals surface area contributed by atoms with Crippen molar-refractivity contribution in [2.75, 3.05) is 0 Å². The van der Waals surface area contributed by atoms with Gasteiger partial charge in [-0.15, -0.1) is 0 Å². The molecule has 3 aromatic carbocycles. The van der Waals surface area contributed by atoms with Gasteiger partial charge in [0.05, 0.1) is 0 Å². The van der Waals surface area contributed by atoms with Crippen LogP contribution in [0.4, 0.5) is 0 Å². The van der Waals surface area contributed by atoms with Gasteiger partial charge in [-0.25, -0.2) is 0 Å². The fourth-order valence-corrected chi connectivity index (χ4v) is 2.96. The Bertz CT molecular complexity index is 747. The van der Waals surface area contributed by atoms with Gasteiger partial charge in [0.25, 0.3) is 0 Å². The van der Waals surface area contributed by atoms with E-state index < -0.39 is 0 Å². The van der Waals surface area contributed by atoms with Gasteiger partial charge in [0.1, 0.15) is 17.2 Å². The number of benzene rings is 3. The SMILES string of the molecule is Oc1ccc(C(CCc2ccccc2O)c2ccc(O)cc2)cc1. The topological polar surface area (TPSA) is 60.7 Å². The first-order valence-corrected chi connectivity index (χ1v) is 7.98. The van der Waals surface area contributed by atoms with Gasteiger partial charge in [-0.3, -0.25) is 0 Å². The minimum Gasteiger partial charge on any atom is -0.508 e. The predicted molar refractivity (Wildman–Crippen MR) is 94.5 cm³/mol. The standard InChI is InChI=1S/C21H20O3/c22-18-10-5-15(6-11-18)20(16-7-12-19(23)13-8-16)14-9-17-3-1-2-4-21(17)24/h1-8,10-13,20,22-24H,9,14H2. The quantitative estimate of drug-likeness (QED) is 0.645. The number of aromatic hydroxyl groups is 3. The molecule has 3 N–H and O–H groups in total. The van der Waals surface area contributed by atoms with Crippen molar-refractivity contribution < 1.29 is 15.3 Å². The smallest absolute Gasteiger partial charge is 0.118 e. The molecule has 24 heavy (non-hydrogen) atoms. The Hall–Kier alpha value is -2.94. The van der Waals surface area contributed by atoms with E-state index in [1.54, 1.807) is 30.3 Å². The molecule has 0 unspecified atom stereocenters. The third-order valence-electron chi connectivity index (χ3n) is 4.28. The van der Waals surface area contributed by atoms with Crippen LogP contribution in [0, 0.1) is 0 Å². The average molecular weight is 320 g/mol. The fourth-order valence-electron chi connectivity index (χ4n) is 2.96. The summed E-state index contributed by atoms with van der Waals surface area (Å²) in [4.78, 5) is 0. The molecule has 122 valence electrons. The van der Waals surface area contributed by atoms with Crippen molar-refractivity contribution in [3.05, 3.63) is 89.5 Å². The highest BCUT2D eigenvalue weighted by atomic mass is 16.3. The molecule has 0 amide bonds. The fraction of sp³-hybridized carbons (Fsp3) is 0.143. The van der Waals surface area contributed by atoms with Crippen molar-refractivity contribution in [2.45, 2.75) is 18.8 Å². The molecule has 0 atom stereocenters. The lowest BCUT2D eigenvalue weighted by Crippen LogP contribution is -2.03. The zero-order valence-corrected chi connectivity index (χ0v) is 13.3. The Kier molecular flexibility index (Phi) is 4.71. The van der Waals surface area contributed by atoms with E-state index in [1.807, 2.05) is 42.5 Å². The molecule has 3 rings (SSSR count). The first kappa shape index (κ1) is 15.9. The van der Waals surface area contributed by atoms with Crippen molar-refractivity contribution in [1.29, 1.82) is 0 Å². The number of aryl methyl sites for hydroxylation is 1. The first-order chi connectivity index (χ1) is 11.6. The summed E-state index contributed by atoms with van der Waals surface area (Å²) in [6.07, 6.45) is 1.55. The molecule has 0 radical (unpaired) electrons. The molecule has 0 heterocycles. The first-order valence-electron chi connectivity index (χ1n) is 7.98. The molecular weight excluding hydrogens is 300 g/mol. The Labute approximate surface area is 141 Å². The average Bonchev–Trinajstić information content (AvgIpc) is 2.59. The molecular formula is C21H20O3. The summed E-state index contributed by atoms with van der Waals surface area (Å²) in [7, 11) is 0. The second-order valence-corrected chi connectivity index (χ2v) is 5.90. The molecule has 3 aromatic rings. The Morgan fingerprint density at radius 2 is 1.12 bits per heavy atom. The molecule has 0 aliphatic rings. The van der Waals surface area contributed by atoms with Crippen molar-refractivity contribution in [3.63, 3.8) is 0 Å². The van der Waals surface area contributed by atoms with E-state index in [0.29, 0.717) is 5.75 Å². The minimum absolute atomic E-state index is 0.116. The Morgan fingerprint density at radius 3 is 1.62 bits per heavy atom. The van der Waals surface area contributed by atoms with Gasteiger partial charge < -0.3 is 15.3 Å². The van der Waals surface area contributed by atoms with Crippen molar-refractivity contribution >= 4 is 0 Å². The van der Waals surface area contributed by atoms with E-state index >= 15 is 0 Å². The van der Waals surface area contributed by atoms with Crippen LogP contribution in [0.25, 0.3) is 0 Å². The molecule has 0 aliphatic heterocycles. The molecule has 0 spiro atoms. The van der Waals surface area contributed by atoms with Gasteiger partial charge >= 0.3 is 0 Å². The lowest BCUT2D eigenvalue weighted by atomic mass is 9.86. The monoisotopic (exact) mass is 320 g/mol. The van der Waals surface area contributed by atoms with Crippen LogP contribution in [0.1, 0.15) is 29.0 Å². The van der Waals surface area contributed by atoms with Gasteiger partial charge in [-0.1, -0.05) is 42.5 Å². The lowest BCUT2D eigenvalue weighted by molar-refractivity contribution is 0.466. The zero-order chi connectivity index (χ0) is 16.9. The summed E-state index contributed by atoms with van der Waals surface area (Å²) in [5.74, 6) is 0.909. The van der Waals surface area contributed by atoms with Crippen LogP contribution in [0.3, 0.4) is 0 Å². The van der Waals surface area contributed by atoms with E-state index in [4.69, 9.17) is 0 Å². The second kappa shape index (κ2) is 7.09. The highest BCUT2D eigenvalue weighted by Crippen LogP contribution is 2.32. The third-order valence-corrected chi connectivity index (χ3v) is 4.28. The number of hydrogen-bond donors (Lipinski definition) is 3. The van der Waals surface area contributed by atoms with E-state index in [0.717, 1.165) is 29.5 Å². The molecule has 3 heteroatoms. The Balaban J connectivity index is 1.88. The van der Waals surface area contributed by atoms with Gasteiger partial charge in [0.15, 0.2) is 0 Å². The lowest BCUT2D eigenvalue weighted by Gasteiger charge is -2.19. The zero-order valence-electron chi connectivity index (χ0n) is 13.3. The van der Waals surface area contributed by atoms with Crippen LogP contribution in [0.15, 0.2) is 72.8 Å². The van der Waals surface area contributed by atoms with E-state index in [2.05, 4.69) is 0 Å². The number of para-hydroxylation sites is 1. The van der Waals surface area contributed by atoms with Crippen LogP contribution in [-0.2, 0) is 6.42 Å². The molecule has 0 aliphatic carbocycles. The van der Waals surface area contributed by atoms with Crippen molar-refractivity contribution in [3.8, 4) is 17.2 Å². The van der Waals surface area contributed by atoms with Gasteiger partial charge in [-0.2, -0.15) is 0 Å². The predicted octanol–water partition coefficient (Wildman–Crippen LogP) is 4.57. The highest BCUT2D eigenvalue weighted by Gasteiger charge is 2.15. The van der Waals surface area contributed by atoms with Crippen molar-refractivity contribution in [1.82, 2.24) is 0 Å². The van der Waals surface area contributed by atoms with Gasteiger partial charge in [0, 0.05) is 5.92 Å². The Morgan fingerprint density at radius 1 is 0.625 bits per heavy atom. The van der Waals surface area contributed by atoms with Crippen LogP contribution in [0.5, 0.6) is 17.2 Å². The van der Waals surface area contributed by atoms with E-state index in [1.165, 1.54) is 0 Å². The largest absolute Gasteiger partial charge is 0.508 e. The van der Waals surface area contributed by atoms with Crippen LogP contribution in [0.2, 0.25) is 0 Å². The summed E-state index contributed by atoms with van der Waals surface area (Å²) >= 11 is 0. The molecule has 0 bridgehead atoms. The molecule has 0 saturated carbocycles. The number of hydrogen-bond acceptors (Lipinski definition) is 3. The maximum absolute atomic E-state index is 9.97. The molecule has 3 nitrogen and oxygen atoms in total. The molecule has 0 saturated heterocycles. The normalized spacial score (nSPS) is 10.9. The van der Waals surface area contributed by atoms with Crippen LogP contribution < -0.4 is 0 Å². The summed E-state index contributed by atoms with van der Waals surface area (Å²) in [5.41, 5.74) is 3.10. The van der Waals surface area contributed by atoms with E-state index in [9.17, 15) is 15.3 Å². The molecule has 0 aromatic heterocycles. The second-order valence-electron chi connectivity index (χ2n) is 5.90. The van der Waals surface area contributed by atoms with Crippen LogP contribution in [-0.4, -0.2) is 15.3 Å². The summed E-state index contributed by atoms with van der Waals surface area (Å²) < 4.78 is 0. The maximum Gasteiger partial charge on any atom is 0.118 e. The third kappa shape index (κ3) is 3.69. The van der Waals surface area contributed by atoms with Gasteiger partial charge in [0.2, 0.25) is 0 Å². The van der Waals surface area contributed by atoms with Gasteiger partial charge in [-0.05, 0) is 59.9 Å². The number of rotatable bonds is 5.